The zero-order valence-corrected chi connectivity index (χ0v) is 15.9. The van der Waals surface area contributed by atoms with Crippen LogP contribution in [0.5, 0.6) is 11.5 Å². The van der Waals surface area contributed by atoms with Gasteiger partial charge in [-0.3, -0.25) is 4.79 Å². The van der Waals surface area contributed by atoms with Gasteiger partial charge in [-0.05, 0) is 51.6 Å². The van der Waals surface area contributed by atoms with Gasteiger partial charge in [0.25, 0.3) is 5.91 Å². The van der Waals surface area contributed by atoms with Crippen molar-refractivity contribution >= 4 is 38.8 Å². The van der Waals surface area contributed by atoms with Crippen LogP contribution in [0.25, 0.3) is 10.8 Å². The van der Waals surface area contributed by atoms with E-state index in [2.05, 4.69) is 26.5 Å². The first kappa shape index (κ1) is 17.9. The van der Waals surface area contributed by atoms with E-state index in [9.17, 15) is 4.79 Å². The van der Waals surface area contributed by atoms with E-state index in [1.807, 2.05) is 36.4 Å². The van der Waals surface area contributed by atoms with Crippen LogP contribution in [0.1, 0.15) is 15.9 Å². The zero-order chi connectivity index (χ0) is 18.5. The van der Waals surface area contributed by atoms with E-state index < -0.39 is 0 Å². The Morgan fingerprint density at radius 2 is 1.69 bits per heavy atom. The zero-order valence-electron chi connectivity index (χ0n) is 14.3. The minimum absolute atomic E-state index is 0.303. The first-order valence-corrected chi connectivity index (χ1v) is 8.66. The van der Waals surface area contributed by atoms with Crippen LogP contribution in [0.15, 0.2) is 64.2 Å². The monoisotopic (exact) mass is 412 g/mol. The largest absolute Gasteiger partial charge is 0.496 e. The van der Waals surface area contributed by atoms with Crippen LogP contribution in [0, 0.1) is 0 Å². The molecule has 0 heterocycles. The van der Waals surface area contributed by atoms with Gasteiger partial charge in [-0.2, -0.15) is 5.10 Å². The molecule has 0 unspecified atom stereocenters. The standard InChI is InChI=1S/C20H17BrN2O3/c1-25-18-9-8-14(15-5-3-4-6-16(15)18)12-22-23-20(24)13-7-10-19(26-2)17(21)11-13/h3-12H,1-2H3,(H,23,24). The van der Waals surface area contributed by atoms with E-state index in [0.29, 0.717) is 15.8 Å². The highest BCUT2D eigenvalue weighted by atomic mass is 79.9. The number of hydrogen-bond acceptors (Lipinski definition) is 4. The van der Waals surface area contributed by atoms with Gasteiger partial charge in [0.15, 0.2) is 0 Å². The quantitative estimate of drug-likeness (QED) is 0.499. The highest BCUT2D eigenvalue weighted by molar-refractivity contribution is 9.10. The fourth-order valence-electron chi connectivity index (χ4n) is 2.62. The number of fused-ring (bicyclic) bond motifs is 1. The molecule has 0 aliphatic carbocycles. The minimum Gasteiger partial charge on any atom is -0.496 e. The first-order valence-electron chi connectivity index (χ1n) is 7.86. The Morgan fingerprint density at radius 3 is 2.38 bits per heavy atom. The number of hydrazone groups is 1. The average Bonchev–Trinajstić information content (AvgIpc) is 2.67. The van der Waals surface area contributed by atoms with E-state index in [1.54, 1.807) is 38.6 Å². The summed E-state index contributed by atoms with van der Waals surface area (Å²) in [5, 5.41) is 6.07. The van der Waals surface area contributed by atoms with Gasteiger partial charge in [-0.1, -0.05) is 24.3 Å². The molecule has 5 nitrogen and oxygen atoms in total. The highest BCUT2D eigenvalue weighted by Gasteiger charge is 2.08. The Labute approximate surface area is 159 Å². The molecule has 0 saturated carbocycles. The molecule has 3 rings (SSSR count). The number of amides is 1. The predicted molar refractivity (Wildman–Crippen MR) is 106 cm³/mol. The number of benzene rings is 3. The SMILES string of the molecule is COc1ccc(C(=O)NN=Cc2ccc(OC)c3ccccc23)cc1Br. The maximum Gasteiger partial charge on any atom is 0.271 e. The van der Waals surface area contributed by atoms with Crippen LogP contribution in [-0.4, -0.2) is 26.3 Å². The van der Waals surface area contributed by atoms with Crippen molar-refractivity contribution in [1.29, 1.82) is 0 Å². The molecular formula is C20H17BrN2O3. The summed E-state index contributed by atoms with van der Waals surface area (Å²) in [4.78, 5) is 12.2. The molecule has 0 aromatic heterocycles. The molecule has 132 valence electrons. The molecule has 0 bridgehead atoms. The summed E-state index contributed by atoms with van der Waals surface area (Å²) in [6.45, 7) is 0. The number of nitrogens with one attached hydrogen (secondary N) is 1. The van der Waals surface area contributed by atoms with Crippen LogP contribution in [0.4, 0.5) is 0 Å². The number of hydrogen-bond donors (Lipinski definition) is 1. The lowest BCUT2D eigenvalue weighted by Gasteiger charge is -2.08. The number of ether oxygens (including phenoxy) is 2. The summed E-state index contributed by atoms with van der Waals surface area (Å²) in [6.07, 6.45) is 1.62. The second-order valence-corrected chi connectivity index (χ2v) is 6.31. The van der Waals surface area contributed by atoms with Crippen LogP contribution in [-0.2, 0) is 0 Å². The van der Waals surface area contributed by atoms with Gasteiger partial charge in [0.2, 0.25) is 0 Å². The Bertz CT molecular complexity index is 986. The topological polar surface area (TPSA) is 59.9 Å². The second-order valence-electron chi connectivity index (χ2n) is 5.45. The van der Waals surface area contributed by atoms with Crippen LogP contribution < -0.4 is 14.9 Å². The van der Waals surface area contributed by atoms with E-state index in [-0.39, 0.29) is 5.91 Å². The summed E-state index contributed by atoms with van der Waals surface area (Å²) in [5.41, 5.74) is 3.91. The van der Waals surface area contributed by atoms with Crippen molar-refractivity contribution in [3.8, 4) is 11.5 Å². The maximum atomic E-state index is 12.2. The Morgan fingerprint density at radius 1 is 1.00 bits per heavy atom. The third kappa shape index (κ3) is 3.70. The molecule has 1 amide bonds. The molecule has 0 spiro atoms. The summed E-state index contributed by atoms with van der Waals surface area (Å²) >= 11 is 3.37. The van der Waals surface area contributed by atoms with Crippen LogP contribution >= 0.6 is 15.9 Å². The van der Waals surface area contributed by atoms with Crippen molar-refractivity contribution in [1.82, 2.24) is 5.43 Å². The Kier molecular flexibility index (Phi) is 5.53. The van der Waals surface area contributed by atoms with Crippen LogP contribution in [0.3, 0.4) is 0 Å². The van der Waals surface area contributed by atoms with Gasteiger partial charge in [0.05, 0.1) is 24.9 Å². The molecule has 0 atom stereocenters. The first-order chi connectivity index (χ1) is 12.6. The Hall–Kier alpha value is -2.86. The fraction of sp³-hybridized carbons (Fsp3) is 0.100. The number of carbonyl (C=O) groups is 1. The van der Waals surface area contributed by atoms with Gasteiger partial charge >= 0.3 is 0 Å². The number of carbonyl (C=O) groups excluding carboxylic acids is 1. The molecule has 0 radical (unpaired) electrons. The molecular weight excluding hydrogens is 396 g/mol. The van der Waals surface area contributed by atoms with Crippen LogP contribution in [0.2, 0.25) is 0 Å². The van der Waals surface area contributed by atoms with Gasteiger partial charge in [-0.25, -0.2) is 5.43 Å². The second kappa shape index (κ2) is 8.01. The summed E-state index contributed by atoms with van der Waals surface area (Å²) in [7, 11) is 3.21. The van der Waals surface area contributed by atoms with Gasteiger partial charge in [0, 0.05) is 16.5 Å². The van der Waals surface area contributed by atoms with Crippen molar-refractivity contribution in [3.05, 3.63) is 70.2 Å². The smallest absolute Gasteiger partial charge is 0.271 e. The lowest BCUT2D eigenvalue weighted by atomic mass is 10.0. The van der Waals surface area contributed by atoms with Crippen molar-refractivity contribution in [3.63, 3.8) is 0 Å². The lowest BCUT2D eigenvalue weighted by molar-refractivity contribution is 0.0955. The van der Waals surface area contributed by atoms with Crippen molar-refractivity contribution in [2.75, 3.05) is 14.2 Å². The van der Waals surface area contributed by atoms with Crippen molar-refractivity contribution < 1.29 is 14.3 Å². The molecule has 0 aliphatic heterocycles. The van der Waals surface area contributed by atoms with E-state index in [0.717, 1.165) is 22.1 Å². The normalized spacial score (nSPS) is 10.9. The summed E-state index contributed by atoms with van der Waals surface area (Å²) < 4.78 is 11.3. The molecule has 26 heavy (non-hydrogen) atoms. The molecule has 0 aliphatic rings. The van der Waals surface area contributed by atoms with Crippen molar-refractivity contribution in [2.24, 2.45) is 5.10 Å². The molecule has 1 N–H and O–H groups in total. The van der Waals surface area contributed by atoms with E-state index in [1.165, 1.54) is 0 Å². The Balaban J connectivity index is 1.80. The third-order valence-electron chi connectivity index (χ3n) is 3.92. The molecule has 6 heteroatoms. The highest BCUT2D eigenvalue weighted by Crippen LogP contribution is 2.27. The van der Waals surface area contributed by atoms with Gasteiger partial charge in [-0.15, -0.1) is 0 Å². The molecule has 0 fully saturated rings. The van der Waals surface area contributed by atoms with Crippen molar-refractivity contribution in [2.45, 2.75) is 0 Å². The predicted octanol–water partition coefficient (Wildman–Crippen LogP) is 4.38. The number of rotatable bonds is 5. The minimum atomic E-state index is -0.303. The molecule has 0 saturated heterocycles. The van der Waals surface area contributed by atoms with E-state index >= 15 is 0 Å². The fourth-order valence-corrected chi connectivity index (χ4v) is 3.16. The lowest BCUT2D eigenvalue weighted by Crippen LogP contribution is -2.17. The number of nitrogens with zero attached hydrogens (tertiary/aromatic N) is 1. The summed E-state index contributed by atoms with van der Waals surface area (Å²) in [6, 6.07) is 16.7. The van der Waals surface area contributed by atoms with Gasteiger partial charge in [0.1, 0.15) is 11.5 Å². The maximum absolute atomic E-state index is 12.2. The summed E-state index contributed by atoms with van der Waals surface area (Å²) in [5.74, 6) is 1.15. The average molecular weight is 413 g/mol. The number of halogens is 1. The van der Waals surface area contributed by atoms with E-state index in [4.69, 9.17) is 9.47 Å². The molecule has 3 aromatic rings. The third-order valence-corrected chi connectivity index (χ3v) is 4.54. The molecule has 3 aromatic carbocycles. The number of methoxy groups -OCH3 is 2. The van der Waals surface area contributed by atoms with Gasteiger partial charge < -0.3 is 9.47 Å².